The lowest BCUT2D eigenvalue weighted by Gasteiger charge is -2.39. The lowest BCUT2D eigenvalue weighted by atomic mass is 9.71. The number of likely N-dealkylation sites (tertiary alicyclic amines) is 1. The summed E-state index contributed by atoms with van der Waals surface area (Å²) in [6.07, 6.45) is 5.97. The summed E-state index contributed by atoms with van der Waals surface area (Å²) < 4.78 is 4.86. The van der Waals surface area contributed by atoms with Crippen LogP contribution in [0.4, 0.5) is 0 Å². The molecule has 1 aromatic rings. The number of amides is 2. The van der Waals surface area contributed by atoms with Gasteiger partial charge in [0, 0.05) is 23.2 Å². The monoisotopic (exact) mass is 604 g/mol. The highest BCUT2D eigenvalue weighted by molar-refractivity contribution is 9.09. The predicted octanol–water partition coefficient (Wildman–Crippen LogP) is 3.95. The lowest BCUT2D eigenvalue weighted by molar-refractivity contribution is -0.154. The van der Waals surface area contributed by atoms with Crippen molar-refractivity contribution in [3.63, 3.8) is 0 Å². The Morgan fingerprint density at radius 1 is 1.32 bits per heavy atom. The average Bonchev–Trinajstić information content (AvgIpc) is 3.51. The molecule has 3 fully saturated rings. The molecule has 3 unspecified atom stereocenters. The normalized spacial score (nSPS) is 30.1. The molecule has 0 aromatic heterocycles. The Morgan fingerprint density at radius 2 is 2.05 bits per heavy atom. The summed E-state index contributed by atoms with van der Waals surface area (Å²) in [7, 11) is 0. The highest BCUT2D eigenvalue weighted by Gasteiger charge is 2.76. The van der Waals surface area contributed by atoms with Gasteiger partial charge in [0.05, 0.1) is 35.8 Å². The number of carbonyl (C=O) groups excluding carboxylic acids is 3. The molecule has 1 aromatic carbocycles. The number of unbranched alkanes of at least 4 members (excludes halogenated alkanes) is 1. The molecule has 3 aliphatic heterocycles. The first-order valence-electron chi connectivity index (χ1n) is 13.3. The largest absolute Gasteiger partial charge is 0.465 e. The second-order valence-electron chi connectivity index (χ2n) is 10.2. The summed E-state index contributed by atoms with van der Waals surface area (Å²) in [6.45, 7) is 10.2. The number of rotatable bonds is 13. The number of nitrogens with zero attached hydrogens (tertiary/aromatic N) is 2. The molecule has 7 atom stereocenters. The van der Waals surface area contributed by atoms with Gasteiger partial charge in [0.15, 0.2) is 0 Å². The topological polar surface area (TPSA) is 87.2 Å². The number of halogens is 1. The van der Waals surface area contributed by atoms with Gasteiger partial charge in [0.25, 0.3) is 0 Å². The number of allylic oxidation sites excluding steroid dienone is 1. The molecule has 0 radical (unpaired) electrons. The number of thioether (sulfide) groups is 1. The lowest BCUT2D eigenvalue weighted by Crippen LogP contribution is -2.57. The second kappa shape index (κ2) is 12.4. The van der Waals surface area contributed by atoms with Crippen LogP contribution in [0.1, 0.15) is 38.2 Å². The molecule has 38 heavy (non-hydrogen) atoms. The minimum Gasteiger partial charge on any atom is -0.465 e. The van der Waals surface area contributed by atoms with E-state index in [0.717, 1.165) is 12.0 Å². The van der Waals surface area contributed by atoms with Crippen molar-refractivity contribution in [3.8, 4) is 0 Å². The van der Waals surface area contributed by atoms with Crippen molar-refractivity contribution in [1.82, 2.24) is 9.80 Å². The fraction of sp³-hybridized carbons (Fsp3) is 0.552. The van der Waals surface area contributed by atoms with Crippen molar-refractivity contribution >= 4 is 45.5 Å². The van der Waals surface area contributed by atoms with E-state index in [2.05, 4.69) is 29.1 Å². The second-order valence-corrected chi connectivity index (χ2v) is 13.0. The number of ether oxygens (including phenoxy) is 1. The van der Waals surface area contributed by atoms with E-state index < -0.39 is 28.7 Å². The van der Waals surface area contributed by atoms with Crippen molar-refractivity contribution in [3.05, 3.63) is 61.2 Å². The van der Waals surface area contributed by atoms with Crippen LogP contribution in [0.3, 0.4) is 0 Å². The van der Waals surface area contributed by atoms with Gasteiger partial charge in [0.1, 0.15) is 6.04 Å². The van der Waals surface area contributed by atoms with Crippen LogP contribution < -0.4 is 0 Å². The summed E-state index contributed by atoms with van der Waals surface area (Å²) in [5.41, 5.74) is 0.976. The third kappa shape index (κ3) is 5.09. The van der Waals surface area contributed by atoms with Gasteiger partial charge >= 0.3 is 5.97 Å². The molecule has 3 heterocycles. The molecule has 7 nitrogen and oxygen atoms in total. The van der Waals surface area contributed by atoms with Crippen LogP contribution in [0.2, 0.25) is 0 Å². The van der Waals surface area contributed by atoms with Crippen LogP contribution in [0.25, 0.3) is 0 Å². The number of aliphatic hydroxyl groups is 1. The van der Waals surface area contributed by atoms with Crippen molar-refractivity contribution in [2.75, 3.05) is 19.8 Å². The van der Waals surface area contributed by atoms with E-state index in [1.165, 1.54) is 0 Å². The zero-order valence-corrected chi connectivity index (χ0v) is 24.2. The maximum Gasteiger partial charge on any atom is 0.310 e. The van der Waals surface area contributed by atoms with Crippen LogP contribution >= 0.6 is 27.7 Å². The fourth-order valence-electron chi connectivity index (χ4n) is 6.28. The molecule has 9 heteroatoms. The Hall–Kier alpha value is -2.10. The summed E-state index contributed by atoms with van der Waals surface area (Å²) >= 11 is 5.36. The molecule has 4 rings (SSSR count). The molecule has 0 aliphatic carbocycles. The summed E-state index contributed by atoms with van der Waals surface area (Å²) in [6, 6.07) is 8.41. The van der Waals surface area contributed by atoms with Crippen molar-refractivity contribution in [2.24, 2.45) is 11.8 Å². The van der Waals surface area contributed by atoms with Gasteiger partial charge in [-0.3, -0.25) is 14.4 Å². The van der Waals surface area contributed by atoms with Crippen molar-refractivity contribution in [2.45, 2.75) is 66.1 Å². The van der Waals surface area contributed by atoms with Crippen LogP contribution in [0, 0.1) is 11.8 Å². The number of hydrogen-bond donors (Lipinski definition) is 1. The first kappa shape index (κ1) is 28.9. The van der Waals surface area contributed by atoms with Crippen LogP contribution in [0.15, 0.2) is 55.6 Å². The van der Waals surface area contributed by atoms with Crippen LogP contribution in [0.5, 0.6) is 0 Å². The van der Waals surface area contributed by atoms with Gasteiger partial charge in [-0.2, -0.15) is 0 Å². The maximum atomic E-state index is 14.4. The zero-order valence-electron chi connectivity index (χ0n) is 21.8. The quantitative estimate of drug-likeness (QED) is 0.159. The molecule has 3 saturated heterocycles. The van der Waals surface area contributed by atoms with E-state index in [1.807, 2.05) is 37.3 Å². The standard InChI is InChI=1S/C29H37BrN2O5S/c1-4-7-11-15-37-28(36)22-23-26(34)32(20(6-3)18-33)25(29(23)16-21(30)24(22)38-29)27(35)31(14-5-2)17-19-12-9-8-10-13-19/h4-5,8-10,12-13,20-25,33H,1-2,6-7,11,14-18H2,3H3/t20-,21?,22+,23-,24+,25?,29?/m0/s1. The van der Waals surface area contributed by atoms with E-state index in [1.54, 1.807) is 33.7 Å². The molecular formula is C29H37BrN2O5S. The van der Waals surface area contributed by atoms with E-state index >= 15 is 0 Å². The smallest absolute Gasteiger partial charge is 0.310 e. The fourth-order valence-corrected chi connectivity index (χ4v) is 9.87. The zero-order chi connectivity index (χ0) is 27.4. The molecule has 0 saturated carbocycles. The Kier molecular flexibility index (Phi) is 9.42. The summed E-state index contributed by atoms with van der Waals surface area (Å²) in [5, 5.41) is 10.1. The molecule has 206 valence electrons. The Balaban J connectivity index is 1.71. The van der Waals surface area contributed by atoms with Gasteiger partial charge < -0.3 is 19.6 Å². The first-order valence-corrected chi connectivity index (χ1v) is 15.1. The molecular weight excluding hydrogens is 568 g/mol. The minimum atomic E-state index is -0.797. The molecule has 1 spiro atoms. The van der Waals surface area contributed by atoms with Gasteiger partial charge in [-0.1, -0.05) is 65.3 Å². The van der Waals surface area contributed by atoms with Crippen molar-refractivity contribution in [1.29, 1.82) is 0 Å². The molecule has 1 N–H and O–H groups in total. The van der Waals surface area contributed by atoms with E-state index in [0.29, 0.717) is 32.4 Å². The van der Waals surface area contributed by atoms with E-state index in [-0.39, 0.29) is 41.1 Å². The summed E-state index contributed by atoms with van der Waals surface area (Å²) in [4.78, 5) is 45.3. The summed E-state index contributed by atoms with van der Waals surface area (Å²) in [5.74, 6) is -2.11. The molecule has 2 amide bonds. The predicted molar refractivity (Wildman–Crippen MR) is 153 cm³/mol. The Morgan fingerprint density at radius 3 is 2.68 bits per heavy atom. The number of carbonyl (C=O) groups is 3. The van der Waals surface area contributed by atoms with Gasteiger partial charge in [-0.15, -0.1) is 24.9 Å². The van der Waals surface area contributed by atoms with Gasteiger partial charge in [0.2, 0.25) is 11.8 Å². The number of fused-ring (bicyclic) bond motifs is 1. The molecule has 3 aliphatic rings. The molecule has 2 bridgehead atoms. The number of aliphatic hydroxyl groups excluding tert-OH is 1. The minimum absolute atomic E-state index is 0.0336. The number of esters is 1. The Labute approximate surface area is 237 Å². The van der Waals surface area contributed by atoms with Gasteiger partial charge in [-0.05, 0) is 31.2 Å². The Bertz CT molecular complexity index is 1050. The number of hydrogen-bond acceptors (Lipinski definition) is 6. The third-order valence-corrected chi connectivity index (χ3v) is 11.2. The number of benzene rings is 1. The van der Waals surface area contributed by atoms with E-state index in [4.69, 9.17) is 4.74 Å². The van der Waals surface area contributed by atoms with Crippen LogP contribution in [-0.2, 0) is 25.7 Å². The average molecular weight is 606 g/mol. The highest BCUT2D eigenvalue weighted by atomic mass is 79.9. The highest BCUT2D eigenvalue weighted by Crippen LogP contribution is 2.68. The number of alkyl halides is 1. The van der Waals surface area contributed by atoms with Crippen LogP contribution in [-0.4, -0.2) is 79.4 Å². The SMILES string of the molecule is C=CCCCOC(=O)[C@H]1[C@@H]2SC3(CC2Br)C(C(=O)N(CC=C)Cc2ccccc2)N([C@@H](CC)CO)C(=O)[C@H]13. The first-order chi connectivity index (χ1) is 18.3. The van der Waals surface area contributed by atoms with E-state index in [9.17, 15) is 19.5 Å². The third-order valence-electron chi connectivity index (χ3n) is 7.98. The van der Waals surface area contributed by atoms with Crippen molar-refractivity contribution < 1.29 is 24.2 Å². The van der Waals surface area contributed by atoms with Gasteiger partial charge in [-0.25, -0.2) is 0 Å². The maximum absolute atomic E-state index is 14.4.